The number of piperidine rings is 1. The van der Waals surface area contributed by atoms with E-state index in [1.165, 1.54) is 19.3 Å². The molecule has 2 unspecified atom stereocenters. The van der Waals surface area contributed by atoms with Crippen LogP contribution in [-0.2, 0) is 0 Å². The Hall–Kier alpha value is -0.860. The van der Waals surface area contributed by atoms with Gasteiger partial charge in [0.05, 0.1) is 6.54 Å². The van der Waals surface area contributed by atoms with Crippen LogP contribution in [0.3, 0.4) is 0 Å². The monoisotopic (exact) mass is 249 g/mol. The zero-order chi connectivity index (χ0) is 11.8. The smallest absolute Gasteiger partial charge is 0.176 e. The molecule has 0 N–H and O–H groups in total. The number of rotatable bonds is 3. The van der Waals surface area contributed by atoms with Gasteiger partial charge in [-0.1, -0.05) is 11.6 Å². The number of benzene rings is 1. The van der Waals surface area contributed by atoms with Gasteiger partial charge in [0, 0.05) is 23.2 Å². The van der Waals surface area contributed by atoms with Gasteiger partial charge in [-0.3, -0.25) is 9.69 Å². The van der Waals surface area contributed by atoms with Crippen LogP contribution in [0.25, 0.3) is 0 Å². The van der Waals surface area contributed by atoms with Crippen molar-refractivity contribution in [2.75, 3.05) is 13.1 Å². The summed E-state index contributed by atoms with van der Waals surface area (Å²) in [5.41, 5.74) is 0.775. The Morgan fingerprint density at radius 1 is 1.29 bits per heavy atom. The predicted molar refractivity (Wildman–Crippen MR) is 68.5 cm³/mol. The third kappa shape index (κ3) is 2.24. The summed E-state index contributed by atoms with van der Waals surface area (Å²) in [5, 5.41) is 0.682. The zero-order valence-corrected chi connectivity index (χ0v) is 10.5. The van der Waals surface area contributed by atoms with Crippen LogP contribution in [0.2, 0.25) is 5.02 Å². The number of likely N-dealkylation sites (tertiary alicyclic amines) is 1. The summed E-state index contributed by atoms with van der Waals surface area (Å²) in [5.74, 6) is 1.06. The Morgan fingerprint density at radius 2 is 2.06 bits per heavy atom. The highest BCUT2D eigenvalue weighted by Crippen LogP contribution is 2.37. The van der Waals surface area contributed by atoms with Crippen molar-refractivity contribution in [3.05, 3.63) is 34.9 Å². The van der Waals surface area contributed by atoms with E-state index in [0.717, 1.165) is 18.0 Å². The van der Waals surface area contributed by atoms with Crippen molar-refractivity contribution < 1.29 is 4.79 Å². The first kappa shape index (κ1) is 11.2. The summed E-state index contributed by atoms with van der Waals surface area (Å²) < 4.78 is 0. The maximum absolute atomic E-state index is 12.1. The van der Waals surface area contributed by atoms with E-state index in [4.69, 9.17) is 11.6 Å². The fourth-order valence-electron chi connectivity index (χ4n) is 3.13. The van der Waals surface area contributed by atoms with Gasteiger partial charge in [-0.25, -0.2) is 0 Å². The Kier molecular flexibility index (Phi) is 2.93. The second kappa shape index (κ2) is 4.43. The molecule has 0 amide bonds. The normalized spacial score (nSPS) is 27.6. The topological polar surface area (TPSA) is 20.3 Å². The maximum atomic E-state index is 12.1. The first-order chi connectivity index (χ1) is 8.22. The van der Waals surface area contributed by atoms with E-state index in [1.807, 2.05) is 12.1 Å². The van der Waals surface area contributed by atoms with Crippen molar-refractivity contribution in [3.63, 3.8) is 0 Å². The van der Waals surface area contributed by atoms with E-state index in [9.17, 15) is 4.79 Å². The van der Waals surface area contributed by atoms with Crippen LogP contribution in [0.5, 0.6) is 0 Å². The molecule has 17 heavy (non-hydrogen) atoms. The van der Waals surface area contributed by atoms with E-state index in [-0.39, 0.29) is 5.78 Å². The lowest BCUT2D eigenvalue weighted by atomic mass is 10.1. The molecule has 1 aromatic rings. The van der Waals surface area contributed by atoms with Crippen molar-refractivity contribution in [2.45, 2.75) is 25.3 Å². The van der Waals surface area contributed by atoms with Gasteiger partial charge in [0.2, 0.25) is 0 Å². The first-order valence-electron chi connectivity index (χ1n) is 6.25. The van der Waals surface area contributed by atoms with Crippen LogP contribution in [0.4, 0.5) is 0 Å². The quantitative estimate of drug-likeness (QED) is 0.768. The van der Waals surface area contributed by atoms with Crippen LogP contribution in [-0.4, -0.2) is 29.8 Å². The van der Waals surface area contributed by atoms with Crippen molar-refractivity contribution in [2.24, 2.45) is 5.92 Å². The molecule has 2 nitrogen and oxygen atoms in total. The van der Waals surface area contributed by atoms with Gasteiger partial charge < -0.3 is 0 Å². The Balaban J connectivity index is 1.65. The Morgan fingerprint density at radius 3 is 2.65 bits per heavy atom. The summed E-state index contributed by atoms with van der Waals surface area (Å²) in [4.78, 5) is 14.5. The number of halogens is 1. The highest BCUT2D eigenvalue weighted by Gasteiger charge is 2.38. The van der Waals surface area contributed by atoms with Crippen LogP contribution < -0.4 is 0 Å². The minimum atomic E-state index is 0.217. The second-order valence-corrected chi connectivity index (χ2v) is 5.63. The molecule has 2 bridgehead atoms. The number of carbonyl (C=O) groups excluding carboxylic acids is 1. The second-order valence-electron chi connectivity index (χ2n) is 5.19. The summed E-state index contributed by atoms with van der Waals surface area (Å²) >= 11 is 5.82. The van der Waals surface area contributed by atoms with Gasteiger partial charge in [0.1, 0.15) is 0 Å². The van der Waals surface area contributed by atoms with Gasteiger partial charge in [-0.05, 0) is 49.4 Å². The summed E-state index contributed by atoms with van der Waals surface area (Å²) in [7, 11) is 0. The number of hydrogen-bond acceptors (Lipinski definition) is 2. The van der Waals surface area contributed by atoms with Gasteiger partial charge in [0.25, 0.3) is 0 Å². The van der Waals surface area contributed by atoms with E-state index < -0.39 is 0 Å². The minimum absolute atomic E-state index is 0.217. The predicted octanol–water partition coefficient (Wildman–Crippen LogP) is 3.01. The highest BCUT2D eigenvalue weighted by molar-refractivity contribution is 6.30. The number of hydrogen-bond donors (Lipinski definition) is 0. The Labute approximate surface area is 107 Å². The molecule has 0 aromatic heterocycles. The molecule has 1 aliphatic carbocycles. The molecule has 1 aliphatic heterocycles. The molecule has 0 radical (unpaired) electrons. The molecule has 2 fully saturated rings. The van der Waals surface area contributed by atoms with Crippen LogP contribution >= 0.6 is 11.6 Å². The van der Waals surface area contributed by atoms with Gasteiger partial charge >= 0.3 is 0 Å². The standard InChI is InChI=1S/C14H16ClNO/c15-12-4-2-11(3-5-12)14(17)9-16-8-10-1-6-13(16)7-10/h2-5,10,13H,1,6-9H2. The molecule has 1 saturated heterocycles. The van der Waals surface area contributed by atoms with Crippen LogP contribution in [0.1, 0.15) is 29.6 Å². The molecule has 1 heterocycles. The first-order valence-corrected chi connectivity index (χ1v) is 6.63. The SMILES string of the molecule is O=C(CN1CC2CCC1C2)c1ccc(Cl)cc1. The van der Waals surface area contributed by atoms with Crippen LogP contribution in [0.15, 0.2) is 24.3 Å². The van der Waals surface area contributed by atoms with Crippen molar-refractivity contribution in [1.82, 2.24) is 4.90 Å². The van der Waals surface area contributed by atoms with Crippen molar-refractivity contribution in [3.8, 4) is 0 Å². The third-order valence-corrected chi connectivity index (χ3v) is 4.29. The van der Waals surface area contributed by atoms with Crippen LogP contribution in [0, 0.1) is 5.92 Å². The molecule has 90 valence electrons. The molecule has 3 rings (SSSR count). The highest BCUT2D eigenvalue weighted by atomic mass is 35.5. The van der Waals surface area contributed by atoms with Crippen molar-refractivity contribution >= 4 is 17.4 Å². The molecule has 0 spiro atoms. The molecule has 1 saturated carbocycles. The number of Topliss-reactive ketones (excluding diaryl/α,β-unsaturated/α-hetero) is 1. The number of nitrogens with zero attached hydrogens (tertiary/aromatic N) is 1. The minimum Gasteiger partial charge on any atom is -0.293 e. The number of ketones is 1. The fourth-order valence-corrected chi connectivity index (χ4v) is 3.26. The molecule has 2 aliphatic rings. The molecule has 2 atom stereocenters. The lowest BCUT2D eigenvalue weighted by Gasteiger charge is -2.25. The maximum Gasteiger partial charge on any atom is 0.176 e. The van der Waals surface area contributed by atoms with Gasteiger partial charge in [0.15, 0.2) is 5.78 Å². The van der Waals surface area contributed by atoms with Crippen molar-refractivity contribution in [1.29, 1.82) is 0 Å². The summed E-state index contributed by atoms with van der Waals surface area (Å²) in [6.45, 7) is 1.69. The fraction of sp³-hybridized carbons (Fsp3) is 0.500. The van der Waals surface area contributed by atoms with E-state index >= 15 is 0 Å². The average Bonchev–Trinajstić information content (AvgIpc) is 2.91. The average molecular weight is 250 g/mol. The molecule has 1 aromatic carbocycles. The van der Waals surface area contributed by atoms with E-state index in [0.29, 0.717) is 17.6 Å². The summed E-state index contributed by atoms with van der Waals surface area (Å²) in [6.07, 6.45) is 3.93. The van der Waals surface area contributed by atoms with Gasteiger partial charge in [-0.2, -0.15) is 0 Å². The Bertz CT molecular complexity index is 428. The van der Waals surface area contributed by atoms with E-state index in [2.05, 4.69) is 4.90 Å². The largest absolute Gasteiger partial charge is 0.293 e. The lowest BCUT2D eigenvalue weighted by molar-refractivity contribution is 0.0905. The van der Waals surface area contributed by atoms with E-state index in [1.54, 1.807) is 12.1 Å². The molecular weight excluding hydrogens is 234 g/mol. The zero-order valence-electron chi connectivity index (χ0n) is 9.73. The molecular formula is C14H16ClNO. The summed E-state index contributed by atoms with van der Waals surface area (Å²) in [6, 6.07) is 7.87. The molecule has 3 heteroatoms. The lowest BCUT2D eigenvalue weighted by Crippen LogP contribution is -2.36. The third-order valence-electron chi connectivity index (χ3n) is 4.04. The number of fused-ring (bicyclic) bond motifs is 2. The van der Waals surface area contributed by atoms with Gasteiger partial charge in [-0.15, -0.1) is 0 Å². The number of carbonyl (C=O) groups is 1.